The topological polar surface area (TPSA) is 86.1 Å². The Labute approximate surface area is 200 Å². The van der Waals surface area contributed by atoms with Crippen LogP contribution in [-0.2, 0) is 17.9 Å². The van der Waals surface area contributed by atoms with Crippen LogP contribution in [0.2, 0.25) is 0 Å². The van der Waals surface area contributed by atoms with Crippen LogP contribution in [0.5, 0.6) is 5.75 Å². The molecule has 0 saturated carbocycles. The van der Waals surface area contributed by atoms with E-state index < -0.39 is 0 Å². The first-order valence-electron chi connectivity index (χ1n) is 10.6. The van der Waals surface area contributed by atoms with Gasteiger partial charge in [-0.2, -0.15) is 4.37 Å². The fourth-order valence-electron chi connectivity index (χ4n) is 3.38. The van der Waals surface area contributed by atoms with E-state index in [9.17, 15) is 9.59 Å². The maximum atomic E-state index is 13.2. The molecule has 0 aliphatic heterocycles. The molecule has 0 fully saturated rings. The van der Waals surface area contributed by atoms with Gasteiger partial charge in [0.1, 0.15) is 21.7 Å². The Bertz CT molecular complexity index is 1320. The summed E-state index contributed by atoms with van der Waals surface area (Å²) in [6, 6.07) is 17.3. The third-order valence-corrected chi connectivity index (χ3v) is 6.80. The van der Waals surface area contributed by atoms with Gasteiger partial charge in [0.2, 0.25) is 5.91 Å². The lowest BCUT2D eigenvalue weighted by molar-refractivity contribution is -0.118. The van der Waals surface area contributed by atoms with Crippen molar-refractivity contribution in [1.82, 2.24) is 19.2 Å². The van der Waals surface area contributed by atoms with Crippen molar-refractivity contribution < 1.29 is 9.53 Å². The zero-order valence-corrected chi connectivity index (χ0v) is 20.0. The number of carbonyl (C=O) groups excluding carboxylic acids is 1. The minimum atomic E-state index is -0.132. The first kappa shape index (κ1) is 23.0. The third-order valence-electron chi connectivity index (χ3n) is 5.00. The summed E-state index contributed by atoms with van der Waals surface area (Å²) in [5.74, 6) is 0.770. The molecule has 0 radical (unpaired) electrons. The minimum absolute atomic E-state index is 0.110. The maximum absolute atomic E-state index is 13.2. The number of thioether (sulfide) groups is 1. The van der Waals surface area contributed by atoms with E-state index in [2.05, 4.69) is 9.69 Å². The van der Waals surface area contributed by atoms with Crippen molar-refractivity contribution >= 4 is 39.4 Å². The molecule has 0 aliphatic rings. The number of nitrogens with zero attached hydrogens (tertiary/aromatic N) is 3. The summed E-state index contributed by atoms with van der Waals surface area (Å²) in [4.78, 5) is 30.5. The van der Waals surface area contributed by atoms with E-state index in [-0.39, 0.29) is 17.2 Å². The molecule has 2 heterocycles. The summed E-state index contributed by atoms with van der Waals surface area (Å²) in [7, 11) is 1.61. The van der Waals surface area contributed by atoms with Crippen molar-refractivity contribution in [2.45, 2.75) is 31.6 Å². The SMILES string of the molecule is CCCn1c(SCC(=O)NCc2cccc(OC)c2)nc2c(-c3ccccc3)nsc2c1=O. The van der Waals surface area contributed by atoms with Gasteiger partial charge in [-0.25, -0.2) is 4.98 Å². The van der Waals surface area contributed by atoms with E-state index >= 15 is 0 Å². The molecule has 0 spiro atoms. The molecule has 0 unspecified atom stereocenters. The molecule has 7 nitrogen and oxygen atoms in total. The van der Waals surface area contributed by atoms with Crippen molar-refractivity contribution in [1.29, 1.82) is 0 Å². The van der Waals surface area contributed by atoms with Crippen LogP contribution in [0.3, 0.4) is 0 Å². The smallest absolute Gasteiger partial charge is 0.273 e. The first-order chi connectivity index (χ1) is 16.1. The highest BCUT2D eigenvalue weighted by Gasteiger charge is 2.18. The molecule has 33 heavy (non-hydrogen) atoms. The minimum Gasteiger partial charge on any atom is -0.497 e. The predicted octanol–water partition coefficient (Wildman–Crippen LogP) is 4.35. The van der Waals surface area contributed by atoms with Crippen molar-refractivity contribution in [2.75, 3.05) is 12.9 Å². The molecule has 0 atom stereocenters. The Kier molecular flexibility index (Phi) is 7.41. The molecule has 170 valence electrons. The van der Waals surface area contributed by atoms with Crippen LogP contribution < -0.4 is 15.6 Å². The van der Waals surface area contributed by atoms with Gasteiger partial charge < -0.3 is 10.1 Å². The molecule has 0 aliphatic carbocycles. The zero-order valence-electron chi connectivity index (χ0n) is 18.4. The van der Waals surface area contributed by atoms with E-state index in [1.165, 1.54) is 23.3 Å². The number of hydrogen-bond acceptors (Lipinski definition) is 7. The van der Waals surface area contributed by atoms with Crippen LogP contribution in [-0.4, -0.2) is 32.7 Å². The second-order valence-corrected chi connectivity index (χ2v) is 9.06. The van der Waals surface area contributed by atoms with E-state index in [1.807, 2.05) is 61.5 Å². The van der Waals surface area contributed by atoms with Crippen LogP contribution in [0.1, 0.15) is 18.9 Å². The highest BCUT2D eigenvalue weighted by Crippen LogP contribution is 2.29. The predicted molar refractivity (Wildman–Crippen MR) is 133 cm³/mol. The highest BCUT2D eigenvalue weighted by atomic mass is 32.2. The number of hydrogen-bond donors (Lipinski definition) is 1. The fourth-order valence-corrected chi connectivity index (χ4v) is 5.02. The molecule has 0 bridgehead atoms. The first-order valence-corrected chi connectivity index (χ1v) is 12.3. The average molecular weight is 481 g/mol. The lowest BCUT2D eigenvalue weighted by atomic mass is 10.1. The largest absolute Gasteiger partial charge is 0.497 e. The lowest BCUT2D eigenvalue weighted by Crippen LogP contribution is -2.26. The number of fused-ring (bicyclic) bond motifs is 1. The Hall–Kier alpha value is -3.17. The molecular weight excluding hydrogens is 456 g/mol. The van der Waals surface area contributed by atoms with Gasteiger partial charge in [0.25, 0.3) is 5.56 Å². The van der Waals surface area contributed by atoms with Crippen LogP contribution in [0, 0.1) is 0 Å². The van der Waals surface area contributed by atoms with Crippen molar-refractivity contribution in [2.24, 2.45) is 0 Å². The van der Waals surface area contributed by atoms with Gasteiger partial charge in [-0.1, -0.05) is 61.2 Å². The lowest BCUT2D eigenvalue weighted by Gasteiger charge is -2.11. The van der Waals surface area contributed by atoms with Crippen molar-refractivity contribution in [3.8, 4) is 17.0 Å². The summed E-state index contributed by atoms with van der Waals surface area (Å²) < 4.78 is 11.9. The fraction of sp³-hybridized carbons (Fsp3) is 0.250. The molecular formula is C24H24N4O3S2. The van der Waals surface area contributed by atoms with Gasteiger partial charge in [0, 0.05) is 18.7 Å². The summed E-state index contributed by atoms with van der Waals surface area (Å²) in [5.41, 5.74) is 3.03. The molecule has 1 amide bonds. The number of nitrogens with one attached hydrogen (secondary N) is 1. The second kappa shape index (κ2) is 10.6. The molecule has 0 saturated heterocycles. The monoisotopic (exact) mass is 480 g/mol. The van der Waals surface area contributed by atoms with Gasteiger partial charge in [-0.3, -0.25) is 14.2 Å². The molecule has 9 heteroatoms. The summed E-state index contributed by atoms with van der Waals surface area (Å²) in [6.07, 6.45) is 0.785. The van der Waals surface area contributed by atoms with Crippen LogP contribution in [0.25, 0.3) is 21.5 Å². The van der Waals surface area contributed by atoms with E-state index in [0.29, 0.717) is 34.2 Å². The Morgan fingerprint density at radius 3 is 2.76 bits per heavy atom. The number of methoxy groups -OCH3 is 1. The van der Waals surface area contributed by atoms with E-state index in [4.69, 9.17) is 9.72 Å². The van der Waals surface area contributed by atoms with Gasteiger partial charge in [0.15, 0.2) is 5.16 Å². The third kappa shape index (κ3) is 5.26. The van der Waals surface area contributed by atoms with Crippen molar-refractivity contribution in [3.63, 3.8) is 0 Å². The van der Waals surface area contributed by atoms with Crippen LogP contribution in [0.4, 0.5) is 0 Å². The van der Waals surface area contributed by atoms with E-state index in [1.54, 1.807) is 11.7 Å². The zero-order chi connectivity index (χ0) is 23.2. The number of rotatable bonds is 9. The molecule has 4 aromatic rings. The Morgan fingerprint density at radius 2 is 2.00 bits per heavy atom. The molecule has 2 aromatic heterocycles. The average Bonchev–Trinajstić information content (AvgIpc) is 3.28. The molecule has 4 rings (SSSR count). The van der Waals surface area contributed by atoms with Crippen molar-refractivity contribution in [3.05, 3.63) is 70.5 Å². The van der Waals surface area contributed by atoms with Gasteiger partial charge in [-0.05, 0) is 35.6 Å². The molecule has 1 N–H and O–H groups in total. The number of benzene rings is 2. The quantitative estimate of drug-likeness (QED) is 0.283. The second-order valence-electron chi connectivity index (χ2n) is 7.34. The Morgan fingerprint density at radius 1 is 1.18 bits per heavy atom. The summed E-state index contributed by atoms with van der Waals surface area (Å²) in [6.45, 7) is 2.94. The number of amides is 1. The number of ether oxygens (including phenoxy) is 1. The maximum Gasteiger partial charge on any atom is 0.273 e. The molecule has 2 aromatic carbocycles. The number of aromatic nitrogens is 3. The standard InChI is InChI=1S/C24H24N4O3S2/c1-3-12-28-23(30)22-21(20(27-33-22)17-9-5-4-6-10-17)26-24(28)32-15-19(29)25-14-16-8-7-11-18(13-16)31-2/h4-11,13H,3,12,14-15H2,1-2H3,(H,25,29). The van der Waals surface area contributed by atoms with Gasteiger partial charge in [-0.15, -0.1) is 0 Å². The van der Waals surface area contributed by atoms with Crippen LogP contribution in [0.15, 0.2) is 64.5 Å². The Balaban J connectivity index is 1.55. The van der Waals surface area contributed by atoms with Crippen LogP contribution >= 0.6 is 23.3 Å². The normalized spacial score (nSPS) is 11.0. The highest BCUT2D eigenvalue weighted by molar-refractivity contribution is 7.99. The van der Waals surface area contributed by atoms with E-state index in [0.717, 1.165) is 23.3 Å². The summed E-state index contributed by atoms with van der Waals surface area (Å²) in [5, 5.41) is 3.45. The summed E-state index contributed by atoms with van der Waals surface area (Å²) >= 11 is 2.44. The van der Waals surface area contributed by atoms with Gasteiger partial charge >= 0.3 is 0 Å². The number of carbonyl (C=O) groups is 1. The van der Waals surface area contributed by atoms with Gasteiger partial charge in [0.05, 0.1) is 12.9 Å².